The molecule has 5 aromatic rings. The molecule has 0 bridgehead atoms. The molecule has 1 heterocycles. The fraction of sp³-hybridized carbons (Fsp3) is 0. The van der Waals surface area contributed by atoms with Crippen molar-refractivity contribution < 1.29 is 0 Å². The van der Waals surface area contributed by atoms with Crippen LogP contribution in [0.25, 0.3) is 38.6 Å². The topological polar surface area (TPSA) is 57.0 Å². The second kappa shape index (κ2) is 5.92. The summed E-state index contributed by atoms with van der Waals surface area (Å²) in [5.74, 6) is 0. The highest BCUT2D eigenvalue weighted by atomic mass is 15.0. The van der Waals surface area contributed by atoms with E-state index in [1.54, 1.807) is 0 Å². The standard InChI is InChI=1S/C24H19N3/c25-21-12-10-17(15-22(21)26)16-11-13-24-20(14-16)19-8-4-5-9-23(19)27(24)18-6-2-1-3-7-18/h1-15H,25-26H2. The van der Waals surface area contributed by atoms with Gasteiger partial charge in [0.15, 0.2) is 0 Å². The Kier molecular flexibility index (Phi) is 3.41. The lowest BCUT2D eigenvalue weighted by atomic mass is 10.0. The van der Waals surface area contributed by atoms with Gasteiger partial charge in [0.05, 0.1) is 22.4 Å². The zero-order valence-corrected chi connectivity index (χ0v) is 14.8. The molecule has 130 valence electrons. The van der Waals surface area contributed by atoms with Crippen LogP contribution < -0.4 is 11.5 Å². The summed E-state index contributed by atoms with van der Waals surface area (Å²) < 4.78 is 2.31. The molecule has 4 N–H and O–H groups in total. The summed E-state index contributed by atoms with van der Waals surface area (Å²) in [6, 6.07) is 31.4. The summed E-state index contributed by atoms with van der Waals surface area (Å²) in [5.41, 5.74) is 18.9. The first kappa shape index (κ1) is 15.5. The molecule has 3 heteroatoms. The molecule has 0 aliphatic heterocycles. The highest BCUT2D eigenvalue weighted by molar-refractivity contribution is 6.10. The number of hydrogen-bond acceptors (Lipinski definition) is 2. The second-order valence-corrected chi connectivity index (χ2v) is 6.76. The molecule has 0 saturated carbocycles. The van der Waals surface area contributed by atoms with Crippen LogP contribution in [0.3, 0.4) is 0 Å². The summed E-state index contributed by atoms with van der Waals surface area (Å²) >= 11 is 0. The Morgan fingerprint density at radius 3 is 2.00 bits per heavy atom. The van der Waals surface area contributed by atoms with Gasteiger partial charge in [-0.05, 0) is 53.6 Å². The zero-order chi connectivity index (χ0) is 18.4. The molecule has 0 spiro atoms. The van der Waals surface area contributed by atoms with Crippen molar-refractivity contribution >= 4 is 33.2 Å². The molecular weight excluding hydrogens is 330 g/mol. The lowest BCUT2D eigenvalue weighted by Crippen LogP contribution is -1.94. The van der Waals surface area contributed by atoms with Crippen molar-refractivity contribution in [3.8, 4) is 16.8 Å². The second-order valence-electron chi connectivity index (χ2n) is 6.76. The van der Waals surface area contributed by atoms with E-state index >= 15 is 0 Å². The van der Waals surface area contributed by atoms with Crippen molar-refractivity contribution in [1.29, 1.82) is 0 Å². The van der Waals surface area contributed by atoms with Gasteiger partial charge in [-0.15, -0.1) is 0 Å². The Morgan fingerprint density at radius 2 is 1.19 bits per heavy atom. The zero-order valence-electron chi connectivity index (χ0n) is 14.8. The molecule has 27 heavy (non-hydrogen) atoms. The molecule has 0 saturated heterocycles. The third kappa shape index (κ3) is 2.44. The van der Waals surface area contributed by atoms with Gasteiger partial charge in [0.2, 0.25) is 0 Å². The van der Waals surface area contributed by atoms with Crippen LogP contribution in [-0.2, 0) is 0 Å². The number of nitrogens with zero attached hydrogens (tertiary/aromatic N) is 1. The predicted octanol–water partition coefficient (Wildman–Crippen LogP) is 5.62. The van der Waals surface area contributed by atoms with Gasteiger partial charge in [-0.3, -0.25) is 0 Å². The first-order valence-corrected chi connectivity index (χ1v) is 8.96. The third-order valence-corrected chi connectivity index (χ3v) is 5.11. The number of nitrogens with two attached hydrogens (primary N) is 2. The number of anilines is 2. The normalized spacial score (nSPS) is 11.3. The van der Waals surface area contributed by atoms with Gasteiger partial charge in [0, 0.05) is 16.5 Å². The molecule has 5 rings (SSSR count). The fourth-order valence-electron chi connectivity index (χ4n) is 3.76. The minimum absolute atomic E-state index is 0.610. The summed E-state index contributed by atoms with van der Waals surface area (Å²) in [7, 11) is 0. The number of rotatable bonds is 2. The molecule has 0 aliphatic carbocycles. The summed E-state index contributed by atoms with van der Waals surface area (Å²) in [6.45, 7) is 0. The molecule has 0 fully saturated rings. The van der Waals surface area contributed by atoms with Crippen molar-refractivity contribution in [3.63, 3.8) is 0 Å². The van der Waals surface area contributed by atoms with Gasteiger partial charge < -0.3 is 16.0 Å². The van der Waals surface area contributed by atoms with Crippen molar-refractivity contribution in [2.24, 2.45) is 0 Å². The average molecular weight is 349 g/mol. The van der Waals surface area contributed by atoms with Crippen LogP contribution >= 0.6 is 0 Å². The number of benzene rings is 4. The Hall–Kier alpha value is -3.72. The van der Waals surface area contributed by atoms with Crippen LogP contribution in [0.4, 0.5) is 11.4 Å². The predicted molar refractivity (Wildman–Crippen MR) is 115 cm³/mol. The maximum absolute atomic E-state index is 6.01. The Morgan fingerprint density at radius 1 is 0.519 bits per heavy atom. The number of aromatic nitrogens is 1. The molecule has 0 atom stereocenters. The van der Waals surface area contributed by atoms with E-state index in [0.29, 0.717) is 11.4 Å². The molecule has 0 radical (unpaired) electrons. The Labute approximate surface area is 157 Å². The first-order chi connectivity index (χ1) is 13.2. The largest absolute Gasteiger partial charge is 0.397 e. The van der Waals surface area contributed by atoms with Gasteiger partial charge in [-0.1, -0.05) is 48.5 Å². The van der Waals surface area contributed by atoms with Gasteiger partial charge in [-0.2, -0.15) is 0 Å². The minimum Gasteiger partial charge on any atom is -0.397 e. The highest BCUT2D eigenvalue weighted by Gasteiger charge is 2.13. The number of hydrogen-bond donors (Lipinski definition) is 2. The van der Waals surface area contributed by atoms with Crippen LogP contribution in [0.15, 0.2) is 91.0 Å². The Bertz CT molecular complexity index is 1280. The first-order valence-electron chi connectivity index (χ1n) is 8.96. The highest BCUT2D eigenvalue weighted by Crippen LogP contribution is 2.35. The van der Waals surface area contributed by atoms with E-state index in [1.165, 1.54) is 21.8 Å². The van der Waals surface area contributed by atoms with Crippen LogP contribution in [0, 0.1) is 0 Å². The van der Waals surface area contributed by atoms with E-state index in [0.717, 1.165) is 16.8 Å². The van der Waals surface area contributed by atoms with Crippen molar-refractivity contribution in [2.75, 3.05) is 11.5 Å². The van der Waals surface area contributed by atoms with Crippen LogP contribution in [-0.4, -0.2) is 4.57 Å². The van der Waals surface area contributed by atoms with Crippen molar-refractivity contribution in [3.05, 3.63) is 91.0 Å². The van der Waals surface area contributed by atoms with Crippen LogP contribution in [0.1, 0.15) is 0 Å². The van der Waals surface area contributed by atoms with E-state index in [4.69, 9.17) is 11.5 Å². The number of para-hydroxylation sites is 2. The molecular formula is C24H19N3. The third-order valence-electron chi connectivity index (χ3n) is 5.11. The SMILES string of the molecule is Nc1ccc(-c2ccc3c(c2)c2ccccc2n3-c2ccccc2)cc1N. The fourth-order valence-corrected chi connectivity index (χ4v) is 3.76. The van der Waals surface area contributed by atoms with Gasteiger partial charge in [0.1, 0.15) is 0 Å². The minimum atomic E-state index is 0.610. The quantitative estimate of drug-likeness (QED) is 0.407. The van der Waals surface area contributed by atoms with Crippen molar-refractivity contribution in [1.82, 2.24) is 4.57 Å². The summed E-state index contributed by atoms with van der Waals surface area (Å²) in [5, 5.41) is 2.46. The van der Waals surface area contributed by atoms with Gasteiger partial charge in [0.25, 0.3) is 0 Å². The molecule has 1 aromatic heterocycles. The van der Waals surface area contributed by atoms with E-state index in [9.17, 15) is 0 Å². The van der Waals surface area contributed by atoms with Crippen molar-refractivity contribution in [2.45, 2.75) is 0 Å². The van der Waals surface area contributed by atoms with Gasteiger partial charge in [-0.25, -0.2) is 0 Å². The molecule has 0 amide bonds. The molecule has 0 aliphatic rings. The molecule has 3 nitrogen and oxygen atoms in total. The van der Waals surface area contributed by atoms with Crippen LogP contribution in [0.5, 0.6) is 0 Å². The van der Waals surface area contributed by atoms with E-state index < -0.39 is 0 Å². The van der Waals surface area contributed by atoms with E-state index in [-0.39, 0.29) is 0 Å². The van der Waals surface area contributed by atoms with Crippen LogP contribution in [0.2, 0.25) is 0 Å². The maximum Gasteiger partial charge on any atom is 0.0554 e. The lowest BCUT2D eigenvalue weighted by Gasteiger charge is -2.08. The number of fused-ring (bicyclic) bond motifs is 3. The molecule has 4 aromatic carbocycles. The average Bonchev–Trinajstić information content (AvgIpc) is 3.04. The maximum atomic E-state index is 6.01. The Balaban J connectivity index is 1.81. The lowest BCUT2D eigenvalue weighted by molar-refractivity contribution is 1.18. The van der Waals surface area contributed by atoms with E-state index in [2.05, 4.69) is 71.3 Å². The summed E-state index contributed by atoms with van der Waals surface area (Å²) in [6.07, 6.45) is 0. The summed E-state index contributed by atoms with van der Waals surface area (Å²) in [4.78, 5) is 0. The smallest absolute Gasteiger partial charge is 0.0554 e. The van der Waals surface area contributed by atoms with E-state index in [1.807, 2.05) is 24.3 Å². The van der Waals surface area contributed by atoms with Gasteiger partial charge >= 0.3 is 0 Å². The molecule has 0 unspecified atom stereocenters. The monoisotopic (exact) mass is 349 g/mol. The number of nitrogen functional groups attached to an aromatic ring is 2.